The van der Waals surface area contributed by atoms with Crippen molar-refractivity contribution in [2.45, 2.75) is 6.54 Å². The quantitative estimate of drug-likeness (QED) is 0.842. The molecule has 2 aromatic rings. The number of fused-ring (bicyclic) bond motifs is 1. The summed E-state index contributed by atoms with van der Waals surface area (Å²) in [6, 6.07) is 5.01. The highest BCUT2D eigenvalue weighted by Crippen LogP contribution is 2.16. The Kier molecular flexibility index (Phi) is 3.06. The zero-order valence-electron chi connectivity index (χ0n) is 9.79. The number of carbonyl (C=O) groups is 1. The number of benzene rings is 1. The number of para-hydroxylation sites is 1. The summed E-state index contributed by atoms with van der Waals surface area (Å²) in [6.07, 6.45) is 0. The second kappa shape index (κ2) is 4.50. The summed E-state index contributed by atoms with van der Waals surface area (Å²) in [5.74, 6) is -0.955. The number of hydrogen-bond donors (Lipinski definition) is 1. The maximum Gasteiger partial charge on any atom is 0.337 e. The number of carboxylic acids is 1. The van der Waals surface area contributed by atoms with Crippen molar-refractivity contribution in [1.29, 1.82) is 0 Å². The van der Waals surface area contributed by atoms with E-state index in [1.807, 2.05) is 19.0 Å². The molecule has 0 amide bonds. The summed E-state index contributed by atoms with van der Waals surface area (Å²) >= 11 is 0. The molecule has 0 saturated heterocycles. The van der Waals surface area contributed by atoms with Crippen molar-refractivity contribution in [3.8, 4) is 0 Å². The van der Waals surface area contributed by atoms with E-state index in [4.69, 9.17) is 5.11 Å². The highest BCUT2D eigenvalue weighted by Gasteiger charge is 2.14. The fourth-order valence-corrected chi connectivity index (χ4v) is 1.65. The van der Waals surface area contributed by atoms with E-state index in [0.29, 0.717) is 17.6 Å². The number of hydrogen-bond acceptors (Lipinski definition) is 4. The SMILES string of the molecule is CN(C)CCn1nnc2cccc(C(=O)O)c21. The Hall–Kier alpha value is -1.95. The summed E-state index contributed by atoms with van der Waals surface area (Å²) in [7, 11) is 3.91. The van der Waals surface area contributed by atoms with Crippen LogP contribution in [0.15, 0.2) is 18.2 Å². The molecule has 0 aliphatic rings. The predicted octanol–water partition coefficient (Wildman–Crippen LogP) is 0.691. The highest BCUT2D eigenvalue weighted by molar-refractivity contribution is 6.00. The zero-order valence-corrected chi connectivity index (χ0v) is 9.79. The molecule has 2 rings (SSSR count). The molecule has 17 heavy (non-hydrogen) atoms. The van der Waals surface area contributed by atoms with E-state index in [1.165, 1.54) is 0 Å². The first-order valence-corrected chi connectivity index (χ1v) is 5.30. The molecule has 0 saturated carbocycles. The van der Waals surface area contributed by atoms with Gasteiger partial charge in [0.25, 0.3) is 0 Å². The first-order chi connectivity index (χ1) is 8.09. The summed E-state index contributed by atoms with van der Waals surface area (Å²) in [4.78, 5) is 13.1. The minimum atomic E-state index is -0.955. The van der Waals surface area contributed by atoms with Crippen molar-refractivity contribution in [3.05, 3.63) is 23.8 Å². The normalized spacial score (nSPS) is 11.2. The summed E-state index contributed by atoms with van der Waals surface area (Å²) in [5.41, 5.74) is 1.44. The van der Waals surface area contributed by atoms with E-state index in [0.717, 1.165) is 6.54 Å². The van der Waals surface area contributed by atoms with Crippen LogP contribution in [-0.2, 0) is 6.54 Å². The first kappa shape index (κ1) is 11.5. The average molecular weight is 234 g/mol. The second-order valence-corrected chi connectivity index (χ2v) is 4.09. The molecular weight excluding hydrogens is 220 g/mol. The van der Waals surface area contributed by atoms with Crippen LogP contribution in [0.2, 0.25) is 0 Å². The number of likely N-dealkylation sites (N-methyl/N-ethyl adjacent to an activating group) is 1. The Morgan fingerprint density at radius 1 is 1.47 bits per heavy atom. The van der Waals surface area contributed by atoms with E-state index < -0.39 is 5.97 Å². The molecule has 6 nitrogen and oxygen atoms in total. The molecule has 6 heteroatoms. The Morgan fingerprint density at radius 2 is 2.24 bits per heavy atom. The van der Waals surface area contributed by atoms with Crippen molar-refractivity contribution < 1.29 is 9.90 Å². The number of aromatic carboxylic acids is 1. The number of aromatic nitrogens is 3. The van der Waals surface area contributed by atoms with Gasteiger partial charge in [0.1, 0.15) is 11.0 Å². The van der Waals surface area contributed by atoms with Gasteiger partial charge < -0.3 is 10.0 Å². The van der Waals surface area contributed by atoms with Crippen LogP contribution in [0.3, 0.4) is 0 Å². The van der Waals surface area contributed by atoms with E-state index in [-0.39, 0.29) is 5.56 Å². The lowest BCUT2D eigenvalue weighted by molar-refractivity contribution is 0.0698. The standard InChI is InChI=1S/C11H14N4O2/c1-14(2)6-7-15-10-8(11(16)17)4-3-5-9(10)12-13-15/h3-5H,6-7H2,1-2H3,(H,16,17). The zero-order chi connectivity index (χ0) is 12.4. The summed E-state index contributed by atoms with van der Waals surface area (Å²) in [6.45, 7) is 1.40. The van der Waals surface area contributed by atoms with E-state index in [9.17, 15) is 4.79 Å². The first-order valence-electron chi connectivity index (χ1n) is 5.30. The second-order valence-electron chi connectivity index (χ2n) is 4.09. The van der Waals surface area contributed by atoms with Crippen molar-refractivity contribution in [1.82, 2.24) is 19.9 Å². The van der Waals surface area contributed by atoms with Crippen molar-refractivity contribution in [3.63, 3.8) is 0 Å². The smallest absolute Gasteiger partial charge is 0.337 e. The summed E-state index contributed by atoms with van der Waals surface area (Å²) < 4.78 is 1.64. The molecule has 0 aliphatic carbocycles. The third-order valence-electron chi connectivity index (χ3n) is 2.52. The van der Waals surface area contributed by atoms with Gasteiger partial charge in [-0.25, -0.2) is 9.48 Å². The lowest BCUT2D eigenvalue weighted by atomic mass is 10.2. The van der Waals surface area contributed by atoms with Gasteiger partial charge in [0.2, 0.25) is 0 Å². The minimum absolute atomic E-state index is 0.242. The Labute approximate surface area is 98.4 Å². The van der Waals surface area contributed by atoms with Crippen LogP contribution >= 0.6 is 0 Å². The van der Waals surface area contributed by atoms with Crippen molar-refractivity contribution in [2.75, 3.05) is 20.6 Å². The third-order valence-corrected chi connectivity index (χ3v) is 2.52. The predicted molar refractivity (Wildman–Crippen MR) is 63.0 cm³/mol. The Morgan fingerprint density at radius 3 is 2.88 bits per heavy atom. The van der Waals surface area contributed by atoms with E-state index in [2.05, 4.69) is 10.3 Å². The van der Waals surface area contributed by atoms with Gasteiger partial charge in [0, 0.05) is 6.54 Å². The van der Waals surface area contributed by atoms with Gasteiger partial charge in [-0.2, -0.15) is 0 Å². The average Bonchev–Trinajstić information content (AvgIpc) is 2.69. The van der Waals surface area contributed by atoms with E-state index >= 15 is 0 Å². The van der Waals surface area contributed by atoms with Gasteiger partial charge in [-0.3, -0.25) is 0 Å². The van der Waals surface area contributed by atoms with Gasteiger partial charge in [-0.1, -0.05) is 11.3 Å². The van der Waals surface area contributed by atoms with Crippen LogP contribution < -0.4 is 0 Å². The fourth-order valence-electron chi connectivity index (χ4n) is 1.65. The van der Waals surface area contributed by atoms with Crippen LogP contribution in [0.1, 0.15) is 10.4 Å². The van der Waals surface area contributed by atoms with Crippen molar-refractivity contribution in [2.24, 2.45) is 0 Å². The van der Waals surface area contributed by atoms with Crippen LogP contribution in [-0.4, -0.2) is 51.6 Å². The highest BCUT2D eigenvalue weighted by atomic mass is 16.4. The molecular formula is C11H14N4O2. The molecule has 1 heterocycles. The lowest BCUT2D eigenvalue weighted by Gasteiger charge is -2.09. The molecule has 0 fully saturated rings. The Bertz CT molecular complexity index is 547. The topological polar surface area (TPSA) is 71.2 Å². The van der Waals surface area contributed by atoms with Gasteiger partial charge >= 0.3 is 5.97 Å². The molecule has 1 aromatic carbocycles. The largest absolute Gasteiger partial charge is 0.478 e. The molecule has 0 aliphatic heterocycles. The van der Waals surface area contributed by atoms with Gasteiger partial charge in [0.05, 0.1) is 12.1 Å². The molecule has 1 N–H and O–H groups in total. The molecule has 0 spiro atoms. The van der Waals surface area contributed by atoms with Gasteiger partial charge in [-0.05, 0) is 26.2 Å². The molecule has 0 atom stereocenters. The molecule has 0 unspecified atom stereocenters. The molecule has 0 radical (unpaired) electrons. The minimum Gasteiger partial charge on any atom is -0.478 e. The van der Waals surface area contributed by atoms with Gasteiger partial charge in [0.15, 0.2) is 0 Å². The van der Waals surface area contributed by atoms with E-state index in [1.54, 1.807) is 22.9 Å². The maximum absolute atomic E-state index is 11.1. The van der Waals surface area contributed by atoms with Crippen LogP contribution in [0.4, 0.5) is 0 Å². The fraction of sp³-hybridized carbons (Fsp3) is 0.364. The number of nitrogens with zero attached hydrogens (tertiary/aromatic N) is 4. The monoisotopic (exact) mass is 234 g/mol. The third kappa shape index (κ3) is 2.26. The van der Waals surface area contributed by atoms with Crippen molar-refractivity contribution >= 4 is 17.0 Å². The van der Waals surface area contributed by atoms with Gasteiger partial charge in [-0.15, -0.1) is 5.10 Å². The number of rotatable bonds is 4. The van der Waals surface area contributed by atoms with Crippen LogP contribution in [0.5, 0.6) is 0 Å². The van der Waals surface area contributed by atoms with Crippen LogP contribution in [0.25, 0.3) is 11.0 Å². The lowest BCUT2D eigenvalue weighted by Crippen LogP contribution is -2.19. The molecule has 1 aromatic heterocycles. The molecule has 0 bridgehead atoms. The maximum atomic E-state index is 11.1. The Balaban J connectivity index is 2.46. The number of carboxylic acid groups (broad SMARTS) is 1. The summed E-state index contributed by atoms with van der Waals surface area (Å²) in [5, 5.41) is 17.1. The van der Waals surface area contributed by atoms with Crippen LogP contribution in [0, 0.1) is 0 Å². The molecule has 90 valence electrons.